The molecule has 15 heavy (non-hydrogen) atoms. The maximum atomic E-state index is 11.4. The molecule has 6 heteroatoms. The predicted molar refractivity (Wildman–Crippen MR) is 57.8 cm³/mol. The normalized spacial score (nSPS) is 20.1. The van der Waals surface area contributed by atoms with Gasteiger partial charge in [-0.1, -0.05) is 11.6 Å². The van der Waals surface area contributed by atoms with Gasteiger partial charge in [-0.15, -0.1) is 11.3 Å². The molecule has 0 bridgehead atoms. The quantitative estimate of drug-likeness (QED) is 0.805. The van der Waals surface area contributed by atoms with Gasteiger partial charge in [0.05, 0.1) is 16.4 Å². The smallest absolute Gasteiger partial charge is 0.318 e. The van der Waals surface area contributed by atoms with Crippen molar-refractivity contribution in [3.8, 4) is 6.07 Å². The van der Waals surface area contributed by atoms with Gasteiger partial charge >= 0.3 is 6.03 Å². The van der Waals surface area contributed by atoms with Gasteiger partial charge in [0.2, 0.25) is 0 Å². The number of hydrogen-bond donors (Lipinski definition) is 1. The van der Waals surface area contributed by atoms with Gasteiger partial charge in [0.15, 0.2) is 0 Å². The Bertz CT molecular complexity index is 425. The molecule has 1 N–H and O–H groups in total. The van der Waals surface area contributed by atoms with Crippen LogP contribution in [0.2, 0.25) is 4.34 Å². The summed E-state index contributed by atoms with van der Waals surface area (Å²) in [5.41, 5.74) is 0. The SMILES string of the molecule is N#CCN1CC(c2ccc(Cl)s2)NC1=O. The molecule has 4 nitrogen and oxygen atoms in total. The van der Waals surface area contributed by atoms with Crippen molar-refractivity contribution in [1.29, 1.82) is 5.26 Å². The molecule has 1 aromatic rings. The van der Waals surface area contributed by atoms with Gasteiger partial charge in [-0.3, -0.25) is 0 Å². The number of halogens is 1. The lowest BCUT2D eigenvalue weighted by atomic mass is 10.2. The van der Waals surface area contributed by atoms with Crippen molar-refractivity contribution in [3.05, 3.63) is 21.3 Å². The summed E-state index contributed by atoms with van der Waals surface area (Å²) in [7, 11) is 0. The number of hydrogen-bond acceptors (Lipinski definition) is 3. The topological polar surface area (TPSA) is 56.1 Å². The molecule has 2 amide bonds. The molecule has 1 saturated heterocycles. The van der Waals surface area contributed by atoms with E-state index < -0.39 is 0 Å². The standard InChI is InChI=1S/C9H8ClN3OS/c10-8-2-1-7(15-8)6-5-13(4-3-11)9(14)12-6/h1-2,6H,4-5H2,(H,12,14). The van der Waals surface area contributed by atoms with Crippen LogP contribution in [0.1, 0.15) is 10.9 Å². The lowest BCUT2D eigenvalue weighted by molar-refractivity contribution is 0.222. The van der Waals surface area contributed by atoms with Crippen molar-refractivity contribution in [2.75, 3.05) is 13.1 Å². The molecule has 78 valence electrons. The van der Waals surface area contributed by atoms with Gasteiger partial charge in [-0.05, 0) is 12.1 Å². The molecular weight excluding hydrogens is 234 g/mol. The summed E-state index contributed by atoms with van der Waals surface area (Å²) in [6, 6.07) is 5.44. The summed E-state index contributed by atoms with van der Waals surface area (Å²) in [5, 5.41) is 11.3. The van der Waals surface area contributed by atoms with Crippen molar-refractivity contribution in [2.24, 2.45) is 0 Å². The summed E-state index contributed by atoms with van der Waals surface area (Å²) in [6.07, 6.45) is 0. The van der Waals surface area contributed by atoms with Crippen LogP contribution in [-0.4, -0.2) is 24.0 Å². The zero-order chi connectivity index (χ0) is 10.8. The monoisotopic (exact) mass is 241 g/mol. The molecule has 2 heterocycles. The van der Waals surface area contributed by atoms with E-state index in [1.54, 1.807) is 6.07 Å². The van der Waals surface area contributed by atoms with Crippen LogP contribution in [0.15, 0.2) is 12.1 Å². The number of amides is 2. The summed E-state index contributed by atoms with van der Waals surface area (Å²) in [4.78, 5) is 13.9. The van der Waals surface area contributed by atoms with Crippen LogP contribution in [0.4, 0.5) is 4.79 Å². The van der Waals surface area contributed by atoms with E-state index >= 15 is 0 Å². The summed E-state index contributed by atoms with van der Waals surface area (Å²) >= 11 is 7.26. The Morgan fingerprint density at radius 1 is 1.73 bits per heavy atom. The number of carbonyl (C=O) groups is 1. The Hall–Kier alpha value is -1.25. The fourth-order valence-corrected chi connectivity index (χ4v) is 2.59. The van der Waals surface area contributed by atoms with Crippen LogP contribution in [0.25, 0.3) is 0 Å². The third-order valence-electron chi connectivity index (χ3n) is 2.19. The minimum Gasteiger partial charge on any atom is -0.329 e. The summed E-state index contributed by atoms with van der Waals surface area (Å²) < 4.78 is 0.706. The highest BCUT2D eigenvalue weighted by Gasteiger charge is 2.30. The van der Waals surface area contributed by atoms with Crippen LogP contribution < -0.4 is 5.32 Å². The fraction of sp³-hybridized carbons (Fsp3) is 0.333. The van der Waals surface area contributed by atoms with E-state index in [-0.39, 0.29) is 18.6 Å². The van der Waals surface area contributed by atoms with Crippen molar-refractivity contribution in [1.82, 2.24) is 10.2 Å². The average molecular weight is 242 g/mol. The van der Waals surface area contributed by atoms with Gasteiger partial charge in [0.1, 0.15) is 6.54 Å². The van der Waals surface area contributed by atoms with Gasteiger partial charge < -0.3 is 10.2 Å². The Morgan fingerprint density at radius 2 is 2.53 bits per heavy atom. The lowest BCUT2D eigenvalue weighted by Gasteiger charge is -2.08. The van der Waals surface area contributed by atoms with E-state index in [2.05, 4.69) is 5.32 Å². The molecule has 1 aromatic heterocycles. The third kappa shape index (κ3) is 2.06. The van der Waals surface area contributed by atoms with Gasteiger partial charge in [0, 0.05) is 11.4 Å². The number of urea groups is 1. The maximum absolute atomic E-state index is 11.4. The number of rotatable bonds is 2. The number of nitriles is 1. The molecule has 2 rings (SSSR count). The molecule has 1 fully saturated rings. The van der Waals surface area contributed by atoms with Gasteiger partial charge in [0.25, 0.3) is 0 Å². The van der Waals surface area contributed by atoms with Gasteiger partial charge in [-0.2, -0.15) is 5.26 Å². The molecule has 0 radical (unpaired) electrons. The summed E-state index contributed by atoms with van der Waals surface area (Å²) in [6.45, 7) is 0.657. The van der Waals surface area contributed by atoms with Crippen LogP contribution >= 0.6 is 22.9 Å². The predicted octanol–water partition coefficient (Wildman–Crippen LogP) is 1.99. The van der Waals surface area contributed by atoms with Gasteiger partial charge in [-0.25, -0.2) is 4.79 Å². The third-order valence-corrected chi connectivity index (χ3v) is 3.53. The Balaban J connectivity index is 2.09. The van der Waals surface area contributed by atoms with E-state index in [9.17, 15) is 4.79 Å². The van der Waals surface area contributed by atoms with Crippen molar-refractivity contribution >= 4 is 29.0 Å². The highest BCUT2D eigenvalue weighted by atomic mass is 35.5. The van der Waals surface area contributed by atoms with Crippen molar-refractivity contribution in [3.63, 3.8) is 0 Å². The largest absolute Gasteiger partial charge is 0.329 e. The van der Waals surface area contributed by atoms with E-state index in [4.69, 9.17) is 16.9 Å². The first-order valence-electron chi connectivity index (χ1n) is 4.38. The molecule has 0 aliphatic carbocycles. The Kier molecular flexibility index (Phi) is 2.80. The molecule has 1 aliphatic heterocycles. The first-order valence-corrected chi connectivity index (χ1v) is 5.58. The Labute approximate surface area is 96.1 Å². The molecule has 1 unspecified atom stereocenters. The zero-order valence-corrected chi connectivity index (χ0v) is 9.31. The van der Waals surface area contributed by atoms with E-state index in [0.717, 1.165) is 4.88 Å². The van der Waals surface area contributed by atoms with Crippen LogP contribution in [-0.2, 0) is 0 Å². The highest BCUT2D eigenvalue weighted by Crippen LogP contribution is 2.29. The number of nitrogens with zero attached hydrogens (tertiary/aromatic N) is 2. The first-order chi connectivity index (χ1) is 7.20. The second-order valence-corrected chi connectivity index (χ2v) is 4.93. The molecule has 0 saturated carbocycles. The number of nitrogens with one attached hydrogen (secondary N) is 1. The van der Waals surface area contributed by atoms with Crippen LogP contribution in [0.3, 0.4) is 0 Å². The second kappa shape index (κ2) is 4.09. The zero-order valence-electron chi connectivity index (χ0n) is 7.74. The molecule has 1 atom stereocenters. The molecule has 0 spiro atoms. The highest BCUT2D eigenvalue weighted by molar-refractivity contribution is 7.16. The lowest BCUT2D eigenvalue weighted by Crippen LogP contribution is -2.28. The summed E-state index contributed by atoms with van der Waals surface area (Å²) in [5.74, 6) is 0. The minimum atomic E-state index is -0.189. The minimum absolute atomic E-state index is 0.0386. The fourth-order valence-electron chi connectivity index (χ4n) is 1.49. The Morgan fingerprint density at radius 3 is 3.13 bits per heavy atom. The first kappa shape index (κ1) is 10.3. The van der Waals surface area contributed by atoms with Crippen molar-refractivity contribution < 1.29 is 4.79 Å². The average Bonchev–Trinajstić information content (AvgIpc) is 2.75. The number of carbonyl (C=O) groups excluding carboxylic acids is 1. The maximum Gasteiger partial charge on any atom is 0.318 e. The van der Waals surface area contributed by atoms with Crippen molar-refractivity contribution in [2.45, 2.75) is 6.04 Å². The molecular formula is C9H8ClN3OS. The number of thiophene rings is 1. The van der Waals surface area contributed by atoms with E-state index in [1.807, 2.05) is 12.1 Å². The molecule has 0 aromatic carbocycles. The second-order valence-electron chi connectivity index (χ2n) is 3.18. The van der Waals surface area contributed by atoms with Crippen LogP contribution in [0, 0.1) is 11.3 Å². The van der Waals surface area contributed by atoms with E-state index in [1.165, 1.54) is 16.2 Å². The van der Waals surface area contributed by atoms with Crippen LogP contribution in [0.5, 0.6) is 0 Å². The van der Waals surface area contributed by atoms with E-state index in [0.29, 0.717) is 10.9 Å². The molecule has 1 aliphatic rings.